The standard InChI is InChI=1S/C12H22N2O6/c1-3-7(4-2)20-9(12(18)19)5-8(13)11(17)14-6-10(15)16/h7-9H,3-6,13H2,1-2H3,(H,14,17)(H,15,16)(H,18,19)/t8-,9?/m1/s1. The lowest BCUT2D eigenvalue weighted by Gasteiger charge is -2.22. The first-order chi connectivity index (χ1) is 9.31. The van der Waals surface area contributed by atoms with Gasteiger partial charge in [0.15, 0.2) is 6.10 Å². The van der Waals surface area contributed by atoms with Gasteiger partial charge in [0.2, 0.25) is 5.91 Å². The summed E-state index contributed by atoms with van der Waals surface area (Å²) in [5, 5.41) is 19.6. The molecule has 2 atom stereocenters. The molecule has 0 aliphatic rings. The van der Waals surface area contributed by atoms with Crippen molar-refractivity contribution in [3.8, 4) is 0 Å². The van der Waals surface area contributed by atoms with Crippen molar-refractivity contribution in [3.05, 3.63) is 0 Å². The van der Waals surface area contributed by atoms with Gasteiger partial charge in [-0.3, -0.25) is 9.59 Å². The molecule has 0 saturated carbocycles. The highest BCUT2D eigenvalue weighted by molar-refractivity contribution is 5.85. The van der Waals surface area contributed by atoms with E-state index in [0.717, 1.165) is 0 Å². The second-order valence-electron chi connectivity index (χ2n) is 4.36. The number of hydrogen-bond donors (Lipinski definition) is 4. The Balaban J connectivity index is 4.46. The van der Waals surface area contributed by atoms with Crippen molar-refractivity contribution < 1.29 is 29.3 Å². The summed E-state index contributed by atoms with van der Waals surface area (Å²) < 4.78 is 5.38. The predicted molar refractivity (Wildman–Crippen MR) is 70.1 cm³/mol. The third kappa shape index (κ3) is 7.05. The molecule has 1 amide bonds. The molecule has 0 aromatic heterocycles. The lowest BCUT2D eigenvalue weighted by Crippen LogP contribution is -2.46. The number of carboxylic acids is 2. The van der Waals surface area contributed by atoms with Crippen molar-refractivity contribution in [2.45, 2.75) is 51.4 Å². The second kappa shape index (κ2) is 9.27. The molecule has 0 rings (SSSR count). The smallest absolute Gasteiger partial charge is 0.332 e. The summed E-state index contributed by atoms with van der Waals surface area (Å²) in [4.78, 5) is 32.9. The number of nitrogens with one attached hydrogen (secondary N) is 1. The van der Waals surface area contributed by atoms with Gasteiger partial charge in [-0.15, -0.1) is 0 Å². The van der Waals surface area contributed by atoms with Crippen molar-refractivity contribution >= 4 is 17.8 Å². The van der Waals surface area contributed by atoms with Crippen LogP contribution in [0.15, 0.2) is 0 Å². The Morgan fingerprint density at radius 1 is 1.20 bits per heavy atom. The van der Waals surface area contributed by atoms with Gasteiger partial charge >= 0.3 is 11.9 Å². The molecule has 0 spiro atoms. The van der Waals surface area contributed by atoms with E-state index in [0.29, 0.717) is 12.8 Å². The van der Waals surface area contributed by atoms with Crippen molar-refractivity contribution in [2.75, 3.05) is 6.54 Å². The van der Waals surface area contributed by atoms with E-state index in [1.165, 1.54) is 0 Å². The molecule has 8 heteroatoms. The zero-order valence-electron chi connectivity index (χ0n) is 11.7. The number of rotatable bonds is 10. The fourth-order valence-electron chi connectivity index (χ4n) is 1.56. The van der Waals surface area contributed by atoms with Gasteiger partial charge in [0.1, 0.15) is 6.54 Å². The minimum absolute atomic E-state index is 0.211. The van der Waals surface area contributed by atoms with E-state index in [9.17, 15) is 14.4 Å². The van der Waals surface area contributed by atoms with Crippen molar-refractivity contribution in [2.24, 2.45) is 5.73 Å². The molecule has 0 saturated heterocycles. The molecule has 1 unspecified atom stereocenters. The first kappa shape index (κ1) is 18.3. The summed E-state index contributed by atoms with van der Waals surface area (Å²) in [6, 6.07) is -1.13. The van der Waals surface area contributed by atoms with Gasteiger partial charge in [0.25, 0.3) is 0 Å². The van der Waals surface area contributed by atoms with Gasteiger partial charge < -0.3 is 26.0 Å². The van der Waals surface area contributed by atoms with E-state index in [2.05, 4.69) is 5.32 Å². The number of aliphatic carboxylic acids is 2. The highest BCUT2D eigenvalue weighted by Gasteiger charge is 2.27. The van der Waals surface area contributed by atoms with Gasteiger partial charge in [-0.1, -0.05) is 13.8 Å². The monoisotopic (exact) mass is 290 g/mol. The molecule has 0 heterocycles. The summed E-state index contributed by atoms with van der Waals surface area (Å²) in [6.45, 7) is 3.18. The number of amides is 1. The average Bonchev–Trinajstić information content (AvgIpc) is 2.39. The zero-order valence-corrected chi connectivity index (χ0v) is 11.7. The molecule has 0 radical (unpaired) electrons. The SMILES string of the molecule is CCC(CC)OC(C[C@@H](N)C(=O)NCC(=O)O)C(=O)O. The van der Waals surface area contributed by atoms with Gasteiger partial charge in [-0.2, -0.15) is 0 Å². The quantitative estimate of drug-likeness (QED) is 0.428. The highest BCUT2D eigenvalue weighted by atomic mass is 16.5. The van der Waals surface area contributed by atoms with E-state index in [-0.39, 0.29) is 12.5 Å². The van der Waals surface area contributed by atoms with Crippen LogP contribution in [-0.2, 0) is 19.1 Å². The largest absolute Gasteiger partial charge is 0.480 e. The van der Waals surface area contributed by atoms with Crippen LogP contribution in [0.2, 0.25) is 0 Å². The van der Waals surface area contributed by atoms with E-state index in [4.69, 9.17) is 20.7 Å². The van der Waals surface area contributed by atoms with Crippen molar-refractivity contribution in [1.29, 1.82) is 0 Å². The van der Waals surface area contributed by atoms with E-state index >= 15 is 0 Å². The Kier molecular flexibility index (Phi) is 8.49. The van der Waals surface area contributed by atoms with Crippen molar-refractivity contribution in [3.63, 3.8) is 0 Å². The van der Waals surface area contributed by atoms with E-state index in [1.54, 1.807) is 0 Å². The van der Waals surface area contributed by atoms with Crippen LogP contribution in [0.25, 0.3) is 0 Å². The van der Waals surface area contributed by atoms with Crippen LogP contribution in [0.1, 0.15) is 33.1 Å². The van der Waals surface area contributed by atoms with Crippen LogP contribution < -0.4 is 11.1 Å². The summed E-state index contributed by atoms with van der Waals surface area (Å²) in [7, 11) is 0. The number of carboxylic acid groups (broad SMARTS) is 2. The molecular formula is C12H22N2O6. The lowest BCUT2D eigenvalue weighted by atomic mass is 10.1. The van der Waals surface area contributed by atoms with Gasteiger partial charge in [-0.25, -0.2) is 4.79 Å². The normalized spacial score (nSPS) is 13.8. The first-order valence-corrected chi connectivity index (χ1v) is 6.45. The predicted octanol–water partition coefficient (Wildman–Crippen LogP) is -0.437. The Bertz CT molecular complexity index is 343. The number of carbonyl (C=O) groups excluding carboxylic acids is 1. The fourth-order valence-corrected chi connectivity index (χ4v) is 1.56. The Hall–Kier alpha value is -1.67. The number of nitrogens with two attached hydrogens (primary N) is 1. The fraction of sp³-hybridized carbons (Fsp3) is 0.750. The van der Waals surface area contributed by atoms with Gasteiger partial charge in [-0.05, 0) is 12.8 Å². The summed E-state index contributed by atoms with van der Waals surface area (Å²) in [5.41, 5.74) is 5.55. The van der Waals surface area contributed by atoms with E-state index < -0.39 is 36.5 Å². The van der Waals surface area contributed by atoms with Gasteiger partial charge in [0, 0.05) is 6.42 Å². The van der Waals surface area contributed by atoms with Crippen LogP contribution >= 0.6 is 0 Å². The molecule has 0 bridgehead atoms. The Morgan fingerprint density at radius 3 is 2.15 bits per heavy atom. The highest BCUT2D eigenvalue weighted by Crippen LogP contribution is 2.11. The Morgan fingerprint density at radius 2 is 1.75 bits per heavy atom. The number of carbonyl (C=O) groups is 3. The molecule has 0 aliphatic carbocycles. The van der Waals surface area contributed by atoms with Gasteiger partial charge in [0.05, 0.1) is 12.1 Å². The third-order valence-electron chi connectivity index (χ3n) is 2.76. The van der Waals surface area contributed by atoms with Crippen LogP contribution in [0, 0.1) is 0 Å². The maximum atomic E-state index is 11.5. The molecule has 5 N–H and O–H groups in total. The zero-order chi connectivity index (χ0) is 15.7. The summed E-state index contributed by atoms with van der Waals surface area (Å²) >= 11 is 0. The Labute approximate surface area is 117 Å². The maximum Gasteiger partial charge on any atom is 0.332 e. The summed E-state index contributed by atoms with van der Waals surface area (Å²) in [5.74, 6) is -3.11. The topological polar surface area (TPSA) is 139 Å². The molecule has 116 valence electrons. The number of hydrogen-bond acceptors (Lipinski definition) is 5. The van der Waals surface area contributed by atoms with E-state index in [1.807, 2.05) is 13.8 Å². The lowest BCUT2D eigenvalue weighted by molar-refractivity contribution is -0.156. The van der Waals surface area contributed by atoms with Crippen LogP contribution in [0.3, 0.4) is 0 Å². The minimum atomic E-state index is -1.20. The molecule has 0 aromatic rings. The number of ether oxygens (including phenoxy) is 1. The van der Waals surface area contributed by atoms with Crippen LogP contribution in [0.5, 0.6) is 0 Å². The second-order valence-corrected chi connectivity index (χ2v) is 4.36. The third-order valence-corrected chi connectivity index (χ3v) is 2.76. The van der Waals surface area contributed by atoms with Crippen molar-refractivity contribution in [1.82, 2.24) is 5.32 Å². The molecular weight excluding hydrogens is 268 g/mol. The minimum Gasteiger partial charge on any atom is -0.480 e. The van der Waals surface area contributed by atoms with Crippen LogP contribution in [-0.4, -0.2) is 52.9 Å². The maximum absolute atomic E-state index is 11.5. The van der Waals surface area contributed by atoms with Crippen LogP contribution in [0.4, 0.5) is 0 Å². The molecule has 20 heavy (non-hydrogen) atoms. The average molecular weight is 290 g/mol. The first-order valence-electron chi connectivity index (χ1n) is 6.45. The molecule has 0 aliphatic heterocycles. The molecule has 8 nitrogen and oxygen atoms in total. The summed E-state index contributed by atoms with van der Waals surface area (Å²) in [6.07, 6.45) is -0.311. The molecule has 0 fully saturated rings. The molecule has 0 aromatic carbocycles.